The molecule has 5 unspecified atom stereocenters. The van der Waals surface area contributed by atoms with Gasteiger partial charge in [0.05, 0.1) is 12.7 Å². The molecule has 2 N–H and O–H groups in total. The second-order valence-corrected chi connectivity index (χ2v) is 7.76. The molecule has 0 heterocycles. The normalized spacial score (nSPS) is 39.5. The molecule has 0 aromatic heterocycles. The van der Waals surface area contributed by atoms with Crippen LogP contribution in [0.2, 0.25) is 0 Å². The Morgan fingerprint density at radius 1 is 1.04 bits per heavy atom. The van der Waals surface area contributed by atoms with Crippen molar-refractivity contribution in [3.8, 4) is 0 Å². The Balaban J connectivity index is 1.53. The van der Waals surface area contributed by atoms with Crippen LogP contribution in [0.3, 0.4) is 0 Å². The highest BCUT2D eigenvalue weighted by Crippen LogP contribution is 2.44. The van der Waals surface area contributed by atoms with Crippen LogP contribution in [0.25, 0.3) is 0 Å². The highest BCUT2D eigenvalue weighted by Gasteiger charge is 2.45. The third-order valence-corrected chi connectivity index (χ3v) is 6.25. The van der Waals surface area contributed by atoms with Crippen molar-refractivity contribution >= 4 is 0 Å². The van der Waals surface area contributed by atoms with Gasteiger partial charge < -0.3 is 9.94 Å². The molecule has 0 amide bonds. The number of azo groups is 1. The van der Waals surface area contributed by atoms with Crippen LogP contribution in [0.15, 0.2) is 10.2 Å². The largest absolute Gasteiger partial charge is 0.390 e. The molecule has 0 aromatic rings. The number of rotatable bonds is 5. The Kier molecular flexibility index (Phi) is 6.43. The summed E-state index contributed by atoms with van der Waals surface area (Å²) in [6.07, 6.45) is 12.1. The molecule has 3 aliphatic carbocycles. The zero-order valence-electron chi connectivity index (χ0n) is 14.5. The minimum absolute atomic E-state index is 0.0256. The summed E-state index contributed by atoms with van der Waals surface area (Å²) in [6.45, 7) is 0.594. The average Bonchev–Trinajstić information content (AvgIpc) is 2.59. The van der Waals surface area contributed by atoms with Gasteiger partial charge in [-0.25, -0.2) is 0 Å². The van der Waals surface area contributed by atoms with Crippen molar-refractivity contribution in [3.05, 3.63) is 0 Å². The third-order valence-electron chi connectivity index (χ3n) is 6.25. The lowest BCUT2D eigenvalue weighted by Gasteiger charge is -2.45. The predicted octanol–water partition coefficient (Wildman–Crippen LogP) is 3.48. The molecule has 5 nitrogen and oxygen atoms in total. The lowest BCUT2D eigenvalue weighted by atomic mass is 9.64. The quantitative estimate of drug-likeness (QED) is 0.601. The van der Waals surface area contributed by atoms with Crippen molar-refractivity contribution in [1.29, 1.82) is 0 Å². The third kappa shape index (κ3) is 4.31. The van der Waals surface area contributed by atoms with Gasteiger partial charge in [-0.2, -0.15) is 15.7 Å². The van der Waals surface area contributed by atoms with E-state index in [9.17, 15) is 5.11 Å². The minimum Gasteiger partial charge on any atom is -0.390 e. The molecule has 0 saturated heterocycles. The van der Waals surface area contributed by atoms with Gasteiger partial charge in [0.25, 0.3) is 0 Å². The first-order chi connectivity index (χ1) is 11.3. The maximum Gasteiger partial charge on any atom is 0.100 e. The van der Waals surface area contributed by atoms with E-state index in [-0.39, 0.29) is 12.0 Å². The minimum atomic E-state index is -0.411. The molecule has 3 rings (SSSR count). The number of nitrogens with zero attached hydrogens (tertiary/aromatic N) is 2. The van der Waals surface area contributed by atoms with E-state index in [0.29, 0.717) is 24.5 Å². The fourth-order valence-corrected chi connectivity index (χ4v) is 4.99. The zero-order chi connectivity index (χ0) is 16.1. The van der Waals surface area contributed by atoms with Crippen LogP contribution < -0.4 is 5.48 Å². The van der Waals surface area contributed by atoms with Gasteiger partial charge in [-0.3, -0.25) is 0 Å². The number of hydroxylamine groups is 1. The van der Waals surface area contributed by atoms with Crippen molar-refractivity contribution in [1.82, 2.24) is 5.48 Å². The Hall–Kier alpha value is -0.520. The van der Waals surface area contributed by atoms with Crippen LogP contribution in [0.4, 0.5) is 0 Å². The fraction of sp³-hybridized carbons (Fsp3) is 1.00. The summed E-state index contributed by atoms with van der Waals surface area (Å²) in [6, 6.07) is 0.473. The van der Waals surface area contributed by atoms with Gasteiger partial charge in [-0.05, 0) is 37.5 Å². The number of hydrogen-bond acceptors (Lipinski definition) is 5. The summed E-state index contributed by atoms with van der Waals surface area (Å²) in [5.74, 6) is 1.39. The summed E-state index contributed by atoms with van der Waals surface area (Å²) in [5.41, 5.74) is 3.24. The number of aliphatic hydroxyl groups excluding tert-OH is 1. The van der Waals surface area contributed by atoms with Crippen molar-refractivity contribution < 1.29 is 9.94 Å². The topological polar surface area (TPSA) is 66.2 Å². The summed E-state index contributed by atoms with van der Waals surface area (Å²) in [5, 5.41) is 19.2. The van der Waals surface area contributed by atoms with Crippen molar-refractivity contribution in [2.24, 2.45) is 28.0 Å². The van der Waals surface area contributed by atoms with Crippen molar-refractivity contribution in [2.45, 2.75) is 82.4 Å². The van der Waals surface area contributed by atoms with Crippen LogP contribution in [0.5, 0.6) is 0 Å². The second kappa shape index (κ2) is 8.54. The molecule has 3 saturated carbocycles. The molecule has 3 fully saturated rings. The van der Waals surface area contributed by atoms with Crippen LogP contribution in [0.1, 0.15) is 64.2 Å². The van der Waals surface area contributed by atoms with Gasteiger partial charge in [-0.1, -0.05) is 38.5 Å². The van der Waals surface area contributed by atoms with Crippen LogP contribution in [-0.4, -0.2) is 36.9 Å². The van der Waals surface area contributed by atoms with Crippen LogP contribution in [0, 0.1) is 17.8 Å². The smallest absolute Gasteiger partial charge is 0.100 e. The maximum absolute atomic E-state index is 10.8. The Bertz CT molecular complexity index is 384. The zero-order valence-corrected chi connectivity index (χ0v) is 14.5. The van der Waals surface area contributed by atoms with E-state index in [1.54, 1.807) is 7.05 Å². The number of aliphatic hydroxyl groups is 1. The SMILES string of the molecule is CN=NC1C(O)C(CONC2CCCCC2)CC2CCCCC21. The molecule has 5 atom stereocenters. The van der Waals surface area contributed by atoms with Gasteiger partial charge in [0, 0.05) is 19.0 Å². The lowest BCUT2D eigenvalue weighted by molar-refractivity contribution is -0.0835. The van der Waals surface area contributed by atoms with Gasteiger partial charge in [0.15, 0.2) is 0 Å². The molecule has 0 spiro atoms. The summed E-state index contributed by atoms with van der Waals surface area (Å²) >= 11 is 0. The van der Waals surface area contributed by atoms with E-state index >= 15 is 0 Å². The average molecular weight is 323 g/mol. The Morgan fingerprint density at radius 3 is 2.57 bits per heavy atom. The van der Waals surface area contributed by atoms with E-state index in [0.717, 1.165) is 6.42 Å². The van der Waals surface area contributed by atoms with E-state index in [1.165, 1.54) is 57.8 Å². The highest BCUT2D eigenvalue weighted by molar-refractivity contribution is 4.97. The molecule has 0 radical (unpaired) electrons. The molecular weight excluding hydrogens is 290 g/mol. The van der Waals surface area contributed by atoms with E-state index in [1.807, 2.05) is 0 Å². The molecule has 0 bridgehead atoms. The van der Waals surface area contributed by atoms with E-state index in [2.05, 4.69) is 15.7 Å². The molecule has 5 heteroatoms. The first-order valence-corrected chi connectivity index (χ1v) is 9.64. The van der Waals surface area contributed by atoms with E-state index < -0.39 is 6.10 Å². The molecule has 132 valence electrons. The molecule has 0 aliphatic heterocycles. The van der Waals surface area contributed by atoms with Crippen molar-refractivity contribution in [2.75, 3.05) is 13.7 Å². The predicted molar refractivity (Wildman–Crippen MR) is 90.1 cm³/mol. The number of nitrogens with one attached hydrogen (secondary N) is 1. The molecule has 0 aromatic carbocycles. The molecule has 23 heavy (non-hydrogen) atoms. The van der Waals surface area contributed by atoms with E-state index in [4.69, 9.17) is 4.84 Å². The first-order valence-electron chi connectivity index (χ1n) is 9.64. The van der Waals surface area contributed by atoms with Gasteiger partial charge in [-0.15, -0.1) is 0 Å². The number of fused-ring (bicyclic) bond motifs is 1. The molecule has 3 aliphatic rings. The van der Waals surface area contributed by atoms with Gasteiger partial charge in [0.1, 0.15) is 6.04 Å². The number of hydrogen-bond donors (Lipinski definition) is 2. The summed E-state index contributed by atoms with van der Waals surface area (Å²) in [7, 11) is 1.72. The van der Waals surface area contributed by atoms with Crippen LogP contribution >= 0.6 is 0 Å². The monoisotopic (exact) mass is 323 g/mol. The Morgan fingerprint density at radius 2 is 1.78 bits per heavy atom. The maximum atomic E-state index is 10.8. The molecular formula is C18H33N3O2. The Labute approximate surface area is 140 Å². The fourth-order valence-electron chi connectivity index (χ4n) is 4.99. The standard InChI is InChI=1S/C18H33N3O2/c1-19-20-17-16-10-6-5-7-13(16)11-14(18(17)22)12-23-21-15-8-3-2-4-9-15/h13-18,21-22H,2-12H2,1H3. The van der Waals surface area contributed by atoms with Gasteiger partial charge in [0.2, 0.25) is 0 Å². The first kappa shape index (κ1) is 17.3. The highest BCUT2D eigenvalue weighted by atomic mass is 16.6. The van der Waals surface area contributed by atoms with Crippen molar-refractivity contribution in [3.63, 3.8) is 0 Å². The van der Waals surface area contributed by atoms with Gasteiger partial charge >= 0.3 is 0 Å². The second-order valence-electron chi connectivity index (χ2n) is 7.76. The summed E-state index contributed by atoms with van der Waals surface area (Å²) < 4.78 is 0. The summed E-state index contributed by atoms with van der Waals surface area (Å²) in [4.78, 5) is 5.81. The van der Waals surface area contributed by atoms with Crippen LogP contribution in [-0.2, 0) is 4.84 Å². The lowest BCUT2D eigenvalue weighted by Crippen LogP contribution is -2.49.